The fourth-order valence-corrected chi connectivity index (χ4v) is 4.28. The summed E-state index contributed by atoms with van der Waals surface area (Å²) in [6.07, 6.45) is 3.88. The summed E-state index contributed by atoms with van der Waals surface area (Å²) in [6.45, 7) is 8.69. The highest BCUT2D eigenvalue weighted by molar-refractivity contribution is 5.98. The van der Waals surface area contributed by atoms with Crippen LogP contribution in [0.1, 0.15) is 37.9 Å². The molecule has 3 N–H and O–H groups in total. The van der Waals surface area contributed by atoms with Crippen molar-refractivity contribution < 1.29 is 14.7 Å². The summed E-state index contributed by atoms with van der Waals surface area (Å²) >= 11 is 0. The van der Waals surface area contributed by atoms with Crippen molar-refractivity contribution >= 4 is 22.7 Å². The zero-order valence-electron chi connectivity index (χ0n) is 15.7. The van der Waals surface area contributed by atoms with Gasteiger partial charge in [-0.3, -0.25) is 9.59 Å². The summed E-state index contributed by atoms with van der Waals surface area (Å²) in [5.41, 5.74) is 2.39. The first-order chi connectivity index (χ1) is 12.8. The Morgan fingerprint density at radius 1 is 1.37 bits per heavy atom. The second-order valence-electron chi connectivity index (χ2n) is 8.09. The van der Waals surface area contributed by atoms with E-state index in [9.17, 15) is 14.7 Å². The fourth-order valence-electron chi connectivity index (χ4n) is 4.28. The van der Waals surface area contributed by atoms with Gasteiger partial charge in [-0.25, -0.2) is 0 Å². The molecule has 1 aromatic heterocycles. The summed E-state index contributed by atoms with van der Waals surface area (Å²) in [5, 5.41) is 13.7. The van der Waals surface area contributed by atoms with Crippen molar-refractivity contribution in [3.05, 3.63) is 42.1 Å². The second-order valence-corrected chi connectivity index (χ2v) is 8.09. The monoisotopic (exact) mass is 367 g/mol. The minimum absolute atomic E-state index is 0.00686. The van der Waals surface area contributed by atoms with Crippen LogP contribution in [0, 0.1) is 0 Å². The van der Waals surface area contributed by atoms with Crippen LogP contribution in [0.5, 0.6) is 5.75 Å². The van der Waals surface area contributed by atoms with Crippen LogP contribution in [0.15, 0.2) is 30.9 Å². The van der Waals surface area contributed by atoms with Gasteiger partial charge >= 0.3 is 0 Å². The Bertz CT molecular complexity index is 944. The molecule has 2 aromatic rings. The molecule has 0 radical (unpaired) electrons. The predicted octanol–water partition coefficient (Wildman–Crippen LogP) is 2.37. The van der Waals surface area contributed by atoms with Gasteiger partial charge in [-0.1, -0.05) is 19.9 Å². The zero-order valence-corrected chi connectivity index (χ0v) is 15.7. The van der Waals surface area contributed by atoms with Gasteiger partial charge in [-0.15, -0.1) is 6.58 Å². The number of nitrogens with one attached hydrogen (secondary N) is 2. The van der Waals surface area contributed by atoms with Crippen LogP contribution in [0.4, 0.5) is 0 Å². The van der Waals surface area contributed by atoms with Crippen LogP contribution < -0.4 is 5.32 Å². The van der Waals surface area contributed by atoms with E-state index in [4.69, 9.17) is 0 Å². The quantitative estimate of drug-likeness (QED) is 0.725. The molecule has 3 heterocycles. The van der Waals surface area contributed by atoms with E-state index in [0.717, 1.165) is 35.0 Å². The number of aromatic amines is 1. The molecule has 142 valence electrons. The minimum Gasteiger partial charge on any atom is -0.508 e. The van der Waals surface area contributed by atoms with E-state index in [1.54, 1.807) is 17.0 Å². The first-order valence-corrected chi connectivity index (χ1v) is 9.40. The lowest BCUT2D eigenvalue weighted by Crippen LogP contribution is -2.61. The van der Waals surface area contributed by atoms with Gasteiger partial charge in [0.05, 0.1) is 0 Å². The third-order valence-corrected chi connectivity index (χ3v) is 5.91. The number of allylic oxidation sites excluding steroid dienone is 1. The van der Waals surface area contributed by atoms with Gasteiger partial charge < -0.3 is 20.3 Å². The van der Waals surface area contributed by atoms with E-state index >= 15 is 0 Å². The van der Waals surface area contributed by atoms with Crippen molar-refractivity contribution in [2.24, 2.45) is 0 Å². The van der Waals surface area contributed by atoms with E-state index in [2.05, 4.69) is 16.9 Å². The second kappa shape index (κ2) is 6.15. The lowest BCUT2D eigenvalue weighted by atomic mass is 9.84. The summed E-state index contributed by atoms with van der Waals surface area (Å²) < 4.78 is 0. The van der Waals surface area contributed by atoms with Crippen molar-refractivity contribution in [3.63, 3.8) is 0 Å². The van der Waals surface area contributed by atoms with Gasteiger partial charge in [0, 0.05) is 41.0 Å². The normalized spacial score (nSPS) is 22.8. The molecule has 0 spiro atoms. The highest BCUT2D eigenvalue weighted by Crippen LogP contribution is 2.35. The van der Waals surface area contributed by atoms with Gasteiger partial charge in [0.2, 0.25) is 11.8 Å². The molecule has 2 saturated heterocycles. The Morgan fingerprint density at radius 3 is 2.89 bits per heavy atom. The molecular weight excluding hydrogens is 342 g/mol. The number of rotatable bonds is 4. The number of phenols is 1. The van der Waals surface area contributed by atoms with Crippen molar-refractivity contribution in [2.75, 3.05) is 6.54 Å². The van der Waals surface area contributed by atoms with Crippen molar-refractivity contribution in [3.8, 4) is 5.75 Å². The molecule has 4 rings (SSSR count). The summed E-state index contributed by atoms with van der Waals surface area (Å²) in [5.74, 6) is 0.118. The van der Waals surface area contributed by atoms with Gasteiger partial charge in [-0.05, 0) is 30.5 Å². The number of hydrogen-bond donors (Lipinski definition) is 3. The van der Waals surface area contributed by atoms with Crippen LogP contribution >= 0.6 is 0 Å². The molecule has 2 atom stereocenters. The molecule has 0 aliphatic carbocycles. The lowest BCUT2D eigenvalue weighted by Gasteiger charge is -2.35. The molecule has 2 fully saturated rings. The third-order valence-electron chi connectivity index (χ3n) is 5.91. The van der Waals surface area contributed by atoms with E-state index in [-0.39, 0.29) is 29.0 Å². The van der Waals surface area contributed by atoms with Crippen molar-refractivity contribution in [1.82, 2.24) is 15.2 Å². The molecule has 6 nitrogen and oxygen atoms in total. The largest absolute Gasteiger partial charge is 0.508 e. The number of amides is 2. The molecule has 6 heteroatoms. The Morgan fingerprint density at radius 2 is 2.15 bits per heavy atom. The van der Waals surface area contributed by atoms with Gasteiger partial charge in [-0.2, -0.15) is 0 Å². The maximum Gasteiger partial charge on any atom is 0.246 e. The molecule has 0 saturated carbocycles. The minimum atomic E-state index is -0.570. The smallest absolute Gasteiger partial charge is 0.246 e. The number of carbonyl (C=O) groups excluding carboxylic acids is 2. The number of aromatic nitrogens is 1. The Labute approximate surface area is 158 Å². The maximum absolute atomic E-state index is 12.9. The Hall–Kier alpha value is -2.76. The first kappa shape index (κ1) is 17.6. The summed E-state index contributed by atoms with van der Waals surface area (Å²) in [4.78, 5) is 30.5. The number of aromatic hydroxyl groups is 1. The molecule has 0 bridgehead atoms. The van der Waals surface area contributed by atoms with Crippen LogP contribution in [0.25, 0.3) is 10.9 Å². The molecular formula is C21H25N3O3. The predicted molar refractivity (Wildman–Crippen MR) is 104 cm³/mol. The lowest BCUT2D eigenvalue weighted by molar-refractivity contribution is -0.146. The first-order valence-electron chi connectivity index (χ1n) is 9.40. The van der Waals surface area contributed by atoms with Crippen molar-refractivity contribution in [1.29, 1.82) is 0 Å². The maximum atomic E-state index is 12.9. The van der Waals surface area contributed by atoms with E-state index in [0.29, 0.717) is 13.0 Å². The highest BCUT2D eigenvalue weighted by atomic mass is 16.3. The Balaban J connectivity index is 1.76. The topological polar surface area (TPSA) is 85.4 Å². The molecule has 2 aliphatic rings. The third kappa shape index (κ3) is 2.80. The van der Waals surface area contributed by atoms with Crippen LogP contribution in [-0.4, -0.2) is 45.4 Å². The van der Waals surface area contributed by atoms with E-state index < -0.39 is 6.04 Å². The summed E-state index contributed by atoms with van der Waals surface area (Å²) in [7, 11) is 0. The summed E-state index contributed by atoms with van der Waals surface area (Å²) in [6, 6.07) is 4.30. The van der Waals surface area contributed by atoms with Crippen LogP contribution in [0.2, 0.25) is 0 Å². The molecule has 2 aliphatic heterocycles. The van der Waals surface area contributed by atoms with Crippen molar-refractivity contribution in [2.45, 2.75) is 50.6 Å². The Kier molecular flexibility index (Phi) is 4.02. The zero-order chi connectivity index (χ0) is 19.3. The van der Waals surface area contributed by atoms with E-state index in [1.807, 2.05) is 26.0 Å². The SMILES string of the molecule is C=CC(C)(C)c1[nH]c2cc(O)ccc2c1C[C@H]1NC(=O)[C@@H]2CCCN2C1=O. The molecule has 1 aromatic carbocycles. The van der Waals surface area contributed by atoms with Gasteiger partial charge in [0.1, 0.15) is 17.8 Å². The van der Waals surface area contributed by atoms with E-state index in [1.165, 1.54) is 0 Å². The van der Waals surface area contributed by atoms with Crippen LogP contribution in [-0.2, 0) is 21.4 Å². The fraction of sp³-hybridized carbons (Fsp3) is 0.429. The number of benzene rings is 1. The molecule has 27 heavy (non-hydrogen) atoms. The average Bonchev–Trinajstić information content (AvgIpc) is 3.25. The molecule has 2 amide bonds. The number of carbonyl (C=O) groups is 2. The standard InChI is InChI=1S/C21H25N3O3/c1-4-21(2,3)18-14(13-8-7-12(25)10-15(13)22-18)11-16-20(27)24-9-5-6-17(24)19(26)23-16/h4,7-8,10,16-17,22,25H,1,5-6,9,11H2,2-3H3,(H,23,26)/t16-,17+/m1/s1. The highest BCUT2D eigenvalue weighted by Gasteiger charge is 2.43. The number of H-pyrrole nitrogens is 1. The average molecular weight is 367 g/mol. The number of piperazine rings is 1. The number of hydrogen-bond acceptors (Lipinski definition) is 3. The molecule has 0 unspecified atom stereocenters. The number of fused-ring (bicyclic) bond motifs is 2. The van der Waals surface area contributed by atoms with Gasteiger partial charge in [0.25, 0.3) is 0 Å². The number of nitrogens with zero attached hydrogens (tertiary/aromatic N) is 1. The van der Waals surface area contributed by atoms with Gasteiger partial charge in [0.15, 0.2) is 0 Å². The van der Waals surface area contributed by atoms with Crippen LogP contribution in [0.3, 0.4) is 0 Å². The number of phenolic OH excluding ortho intramolecular Hbond substituents is 1.